The first-order valence-electron chi connectivity index (χ1n) is 5.39. The zero-order valence-corrected chi connectivity index (χ0v) is 9.85. The van der Waals surface area contributed by atoms with Crippen LogP contribution in [-0.4, -0.2) is 22.8 Å². The molecule has 0 radical (unpaired) electrons. The van der Waals surface area contributed by atoms with E-state index in [2.05, 4.69) is 9.84 Å². The second-order valence-electron chi connectivity index (χ2n) is 3.65. The topological polar surface area (TPSA) is 55.0 Å². The molecule has 4 nitrogen and oxygen atoms in total. The fourth-order valence-electron chi connectivity index (χ4n) is 1.31. The number of hydrogen-bond acceptors (Lipinski definition) is 3. The molecule has 1 N–H and O–H groups in total. The number of aromatic nitrogens is 2. The molecule has 19 heavy (non-hydrogen) atoms. The van der Waals surface area contributed by atoms with Gasteiger partial charge in [0.25, 0.3) is 6.43 Å². The van der Waals surface area contributed by atoms with Crippen LogP contribution in [0, 0.1) is 0 Å². The number of H-pyrrole nitrogens is 1. The Kier molecular flexibility index (Phi) is 4.84. The molecule has 0 aliphatic heterocycles. The summed E-state index contributed by atoms with van der Waals surface area (Å²) in [6.45, 7) is 1.64. The molecule has 1 heterocycles. The van der Waals surface area contributed by atoms with E-state index < -0.39 is 35.5 Å². The number of nitrogens with one attached hydrogen (secondary N) is 1. The maximum Gasteiger partial charge on any atom is 0.433 e. The molecule has 0 atom stereocenters. The molecule has 108 valence electrons. The van der Waals surface area contributed by atoms with E-state index in [0.717, 1.165) is 0 Å². The predicted octanol–water partition coefficient (Wildman–Crippen LogP) is 3.32. The van der Waals surface area contributed by atoms with E-state index >= 15 is 0 Å². The number of hydrogen-bond donors (Lipinski definition) is 1. The van der Waals surface area contributed by atoms with Crippen molar-refractivity contribution < 1.29 is 31.5 Å². The first-order chi connectivity index (χ1) is 8.79. The molecule has 0 bridgehead atoms. The van der Waals surface area contributed by atoms with Crippen molar-refractivity contribution in [2.75, 3.05) is 6.61 Å². The van der Waals surface area contributed by atoms with Crippen LogP contribution >= 0.6 is 0 Å². The van der Waals surface area contributed by atoms with Crippen molar-refractivity contribution in [3.8, 4) is 0 Å². The molecule has 1 aromatic heterocycles. The third-order valence-corrected chi connectivity index (χ3v) is 2.22. The molecule has 0 spiro atoms. The third kappa shape index (κ3) is 3.65. The van der Waals surface area contributed by atoms with Gasteiger partial charge in [0.2, 0.25) is 0 Å². The fourth-order valence-corrected chi connectivity index (χ4v) is 1.31. The number of unbranched alkanes of at least 4 members (excludes halogenated alkanes) is 1. The number of nitrogens with zero attached hydrogens (tertiary/aromatic N) is 1. The van der Waals surface area contributed by atoms with Crippen molar-refractivity contribution in [3.63, 3.8) is 0 Å². The van der Waals surface area contributed by atoms with E-state index in [1.807, 2.05) is 0 Å². The van der Waals surface area contributed by atoms with Crippen molar-refractivity contribution >= 4 is 5.97 Å². The summed E-state index contributed by atoms with van der Waals surface area (Å²) in [6.07, 6.45) is -7.22. The fraction of sp³-hybridized carbons (Fsp3) is 0.600. The van der Waals surface area contributed by atoms with Gasteiger partial charge in [0, 0.05) is 0 Å². The molecule has 0 unspecified atom stereocenters. The number of carbonyl (C=O) groups excluding carboxylic acids is 1. The summed E-state index contributed by atoms with van der Waals surface area (Å²) < 4.78 is 67.2. The zero-order valence-electron chi connectivity index (χ0n) is 9.85. The van der Waals surface area contributed by atoms with Gasteiger partial charge in [-0.15, -0.1) is 0 Å². The summed E-state index contributed by atoms with van der Waals surface area (Å²) in [7, 11) is 0. The highest BCUT2D eigenvalue weighted by atomic mass is 19.4. The van der Waals surface area contributed by atoms with Crippen molar-refractivity contribution in [2.45, 2.75) is 32.4 Å². The molecular formula is C10H11F5N2O2. The van der Waals surface area contributed by atoms with Crippen LogP contribution in [0.3, 0.4) is 0 Å². The summed E-state index contributed by atoms with van der Waals surface area (Å²) in [5, 5.41) is 4.25. The van der Waals surface area contributed by atoms with Gasteiger partial charge in [0.1, 0.15) is 11.3 Å². The van der Waals surface area contributed by atoms with Crippen molar-refractivity contribution in [1.82, 2.24) is 10.2 Å². The molecule has 0 aliphatic carbocycles. The monoisotopic (exact) mass is 286 g/mol. The van der Waals surface area contributed by atoms with E-state index in [9.17, 15) is 26.7 Å². The lowest BCUT2D eigenvalue weighted by Gasteiger charge is -2.08. The SMILES string of the molecule is CCCCOC(=O)c1c(C(F)F)n[nH]c1C(F)(F)F. The lowest BCUT2D eigenvalue weighted by atomic mass is 10.1. The third-order valence-electron chi connectivity index (χ3n) is 2.22. The molecule has 0 saturated heterocycles. The van der Waals surface area contributed by atoms with Crippen LogP contribution in [0.5, 0.6) is 0 Å². The van der Waals surface area contributed by atoms with Gasteiger partial charge in [-0.3, -0.25) is 5.10 Å². The highest BCUT2D eigenvalue weighted by Gasteiger charge is 2.41. The predicted molar refractivity (Wildman–Crippen MR) is 53.7 cm³/mol. The van der Waals surface area contributed by atoms with Crippen LogP contribution in [0.1, 0.15) is 47.9 Å². The van der Waals surface area contributed by atoms with Gasteiger partial charge in [-0.2, -0.15) is 18.3 Å². The first-order valence-corrected chi connectivity index (χ1v) is 5.39. The molecule has 9 heteroatoms. The van der Waals surface area contributed by atoms with Crippen LogP contribution in [0.2, 0.25) is 0 Å². The maximum absolute atomic E-state index is 12.5. The smallest absolute Gasteiger partial charge is 0.433 e. The molecule has 0 aromatic carbocycles. The van der Waals surface area contributed by atoms with Crippen LogP contribution in [0.25, 0.3) is 0 Å². The van der Waals surface area contributed by atoms with Crippen LogP contribution in [0.4, 0.5) is 22.0 Å². The van der Waals surface area contributed by atoms with E-state index in [4.69, 9.17) is 0 Å². The second-order valence-corrected chi connectivity index (χ2v) is 3.65. The maximum atomic E-state index is 12.5. The number of ether oxygens (including phenoxy) is 1. The Morgan fingerprint density at radius 3 is 2.53 bits per heavy atom. The molecule has 0 fully saturated rings. The molecule has 1 rings (SSSR count). The number of rotatable bonds is 5. The summed E-state index contributed by atoms with van der Waals surface area (Å²) >= 11 is 0. The first kappa shape index (κ1) is 15.4. The second kappa shape index (κ2) is 5.98. The van der Waals surface area contributed by atoms with Crippen LogP contribution in [-0.2, 0) is 10.9 Å². The van der Waals surface area contributed by atoms with Crippen molar-refractivity contribution in [1.29, 1.82) is 0 Å². The number of esters is 1. The van der Waals surface area contributed by atoms with Gasteiger partial charge in [0.15, 0.2) is 5.69 Å². The highest BCUT2D eigenvalue weighted by Crippen LogP contribution is 2.34. The number of carbonyl (C=O) groups is 1. The Hall–Kier alpha value is -1.67. The molecule has 1 aromatic rings. The summed E-state index contributed by atoms with van der Waals surface area (Å²) in [5.74, 6) is -1.45. The van der Waals surface area contributed by atoms with Crippen molar-refractivity contribution in [2.24, 2.45) is 0 Å². The van der Waals surface area contributed by atoms with Crippen molar-refractivity contribution in [3.05, 3.63) is 17.0 Å². The van der Waals surface area contributed by atoms with Gasteiger partial charge < -0.3 is 4.74 Å². The van der Waals surface area contributed by atoms with Gasteiger partial charge in [0.05, 0.1) is 6.61 Å². The average molecular weight is 286 g/mol. The summed E-state index contributed by atoms with van der Waals surface area (Å²) in [6, 6.07) is 0. The van der Waals surface area contributed by atoms with E-state index in [0.29, 0.717) is 12.8 Å². The Morgan fingerprint density at radius 2 is 2.05 bits per heavy atom. The molecular weight excluding hydrogens is 275 g/mol. The normalized spacial score (nSPS) is 11.9. The van der Waals surface area contributed by atoms with E-state index in [-0.39, 0.29) is 6.61 Å². The standard InChI is InChI=1S/C10H11F5N2O2/c1-2-3-4-19-9(18)5-6(8(11)12)16-17-7(5)10(13,14)15/h8H,2-4H2,1H3,(H,16,17). The van der Waals surface area contributed by atoms with Gasteiger partial charge in [-0.05, 0) is 6.42 Å². The number of alkyl halides is 5. The average Bonchev–Trinajstić information content (AvgIpc) is 2.73. The zero-order chi connectivity index (χ0) is 14.6. The largest absolute Gasteiger partial charge is 0.462 e. The molecule has 0 amide bonds. The Bertz CT molecular complexity index is 442. The summed E-state index contributed by atoms with van der Waals surface area (Å²) in [4.78, 5) is 11.5. The Balaban J connectivity index is 3.07. The van der Waals surface area contributed by atoms with E-state index in [1.165, 1.54) is 5.10 Å². The van der Waals surface area contributed by atoms with E-state index in [1.54, 1.807) is 6.92 Å². The number of aromatic amines is 1. The molecule has 0 aliphatic rings. The van der Waals surface area contributed by atoms with Crippen LogP contribution in [0.15, 0.2) is 0 Å². The minimum atomic E-state index is -4.99. The Labute approximate surface area is 104 Å². The quantitative estimate of drug-likeness (QED) is 0.513. The minimum absolute atomic E-state index is 0.138. The van der Waals surface area contributed by atoms with Gasteiger partial charge in [-0.25, -0.2) is 13.6 Å². The lowest BCUT2D eigenvalue weighted by molar-refractivity contribution is -0.141. The van der Waals surface area contributed by atoms with Crippen LogP contribution < -0.4 is 0 Å². The minimum Gasteiger partial charge on any atom is -0.462 e. The number of halogens is 5. The Morgan fingerprint density at radius 1 is 1.42 bits per heavy atom. The van der Waals surface area contributed by atoms with Gasteiger partial charge >= 0.3 is 12.1 Å². The lowest BCUT2D eigenvalue weighted by Crippen LogP contribution is -2.16. The van der Waals surface area contributed by atoms with Gasteiger partial charge in [-0.1, -0.05) is 13.3 Å². The summed E-state index contributed by atoms with van der Waals surface area (Å²) in [5.41, 5.74) is -4.13. The highest BCUT2D eigenvalue weighted by molar-refractivity contribution is 5.92. The molecule has 0 saturated carbocycles.